The zero-order chi connectivity index (χ0) is 24.3. The first-order chi connectivity index (χ1) is 16.9. The number of rotatable bonds is 3. The van der Waals surface area contributed by atoms with Gasteiger partial charge in [-0.2, -0.15) is 5.10 Å². The number of aromatic nitrogens is 4. The standard InChI is InChI=1S/C26H26ClFN6O/c1-15-23(17-4-3-5-18(28)21(17)27)34-19(8-11-30-34)25(31-15)33-12-9-26(10-13-33)14-16-6-7-20(35-2)32-22(16)24(26)29/h3-8,11,24H,9-10,12-14,29H2,1-2H3/t24-/m0/s1. The Morgan fingerprint density at radius 2 is 1.94 bits per heavy atom. The van der Waals surface area contributed by atoms with Crippen molar-refractivity contribution < 1.29 is 9.13 Å². The lowest BCUT2D eigenvalue weighted by Crippen LogP contribution is -2.45. The molecule has 180 valence electrons. The maximum atomic E-state index is 14.2. The fourth-order valence-corrected chi connectivity index (χ4v) is 5.97. The van der Waals surface area contributed by atoms with E-state index >= 15 is 0 Å². The van der Waals surface area contributed by atoms with E-state index < -0.39 is 5.82 Å². The van der Waals surface area contributed by atoms with Crippen LogP contribution in [-0.2, 0) is 6.42 Å². The minimum Gasteiger partial charge on any atom is -0.481 e. The second-order valence-corrected chi connectivity index (χ2v) is 9.88. The van der Waals surface area contributed by atoms with Gasteiger partial charge in [0.15, 0.2) is 5.82 Å². The first-order valence-corrected chi connectivity index (χ1v) is 12.1. The van der Waals surface area contributed by atoms with Crippen LogP contribution in [0.4, 0.5) is 10.2 Å². The molecule has 1 fully saturated rings. The molecule has 1 aromatic carbocycles. The number of hydrogen-bond donors (Lipinski definition) is 1. The summed E-state index contributed by atoms with van der Waals surface area (Å²) in [6.45, 7) is 3.56. The Labute approximate surface area is 207 Å². The molecule has 4 aromatic rings. The van der Waals surface area contributed by atoms with Crippen LogP contribution >= 0.6 is 11.6 Å². The fourth-order valence-electron chi connectivity index (χ4n) is 5.75. The number of piperidine rings is 1. The molecule has 0 radical (unpaired) electrons. The number of nitrogens with two attached hydrogens (primary N) is 1. The molecule has 6 rings (SSSR count). The van der Waals surface area contributed by atoms with E-state index in [1.165, 1.54) is 11.6 Å². The number of halogens is 2. The Balaban J connectivity index is 1.32. The van der Waals surface area contributed by atoms with Crippen molar-refractivity contribution in [2.45, 2.75) is 32.2 Å². The van der Waals surface area contributed by atoms with Gasteiger partial charge in [0.25, 0.3) is 0 Å². The minimum absolute atomic E-state index is 0.0151. The molecule has 7 nitrogen and oxygen atoms in total. The minimum atomic E-state index is -0.463. The SMILES string of the molecule is COc1ccc2c(n1)[C@H](N)C1(CCN(c3nc(C)c(-c4cccc(F)c4Cl)n4nccc34)CC1)C2. The molecule has 1 aliphatic heterocycles. The summed E-state index contributed by atoms with van der Waals surface area (Å²) in [7, 11) is 1.63. The molecular formula is C26H26ClFN6O. The second kappa shape index (κ2) is 8.17. The largest absolute Gasteiger partial charge is 0.481 e. The average molecular weight is 493 g/mol. The van der Waals surface area contributed by atoms with Crippen LogP contribution in [0.15, 0.2) is 42.6 Å². The third-order valence-corrected chi connectivity index (χ3v) is 8.04. The average Bonchev–Trinajstić information content (AvgIpc) is 3.45. The number of fused-ring (bicyclic) bond motifs is 2. The van der Waals surface area contributed by atoms with Crippen molar-refractivity contribution >= 4 is 22.9 Å². The number of ether oxygens (including phenoxy) is 1. The number of aryl methyl sites for hydroxylation is 1. The van der Waals surface area contributed by atoms with E-state index in [1.54, 1.807) is 25.4 Å². The van der Waals surface area contributed by atoms with Gasteiger partial charge in [-0.05, 0) is 49.3 Å². The number of methoxy groups -OCH3 is 1. The van der Waals surface area contributed by atoms with Crippen molar-refractivity contribution in [2.75, 3.05) is 25.1 Å². The second-order valence-electron chi connectivity index (χ2n) is 9.50. The third-order valence-electron chi connectivity index (χ3n) is 7.66. The molecule has 2 N–H and O–H groups in total. The Bertz CT molecular complexity index is 1450. The summed E-state index contributed by atoms with van der Waals surface area (Å²) < 4.78 is 21.3. The van der Waals surface area contributed by atoms with Crippen molar-refractivity contribution in [1.82, 2.24) is 19.6 Å². The predicted octanol–water partition coefficient (Wildman–Crippen LogP) is 4.74. The van der Waals surface area contributed by atoms with Gasteiger partial charge in [0, 0.05) is 24.7 Å². The molecule has 3 aromatic heterocycles. The highest BCUT2D eigenvalue weighted by molar-refractivity contribution is 6.33. The zero-order valence-corrected chi connectivity index (χ0v) is 20.4. The number of benzene rings is 1. The van der Waals surface area contributed by atoms with Crippen LogP contribution in [0.3, 0.4) is 0 Å². The summed E-state index contributed by atoms with van der Waals surface area (Å²) in [4.78, 5) is 11.9. The molecule has 2 aliphatic rings. The Morgan fingerprint density at radius 1 is 1.14 bits per heavy atom. The summed E-state index contributed by atoms with van der Waals surface area (Å²) in [5.74, 6) is 1.01. The highest BCUT2D eigenvalue weighted by Crippen LogP contribution is 2.51. The lowest BCUT2D eigenvalue weighted by Gasteiger charge is -2.42. The summed E-state index contributed by atoms with van der Waals surface area (Å²) >= 11 is 6.32. The predicted molar refractivity (Wildman–Crippen MR) is 133 cm³/mol. The van der Waals surface area contributed by atoms with Gasteiger partial charge in [-0.3, -0.25) is 0 Å². The topological polar surface area (TPSA) is 81.6 Å². The van der Waals surface area contributed by atoms with E-state index in [2.05, 4.69) is 21.0 Å². The molecule has 35 heavy (non-hydrogen) atoms. The van der Waals surface area contributed by atoms with Crippen LogP contribution in [0, 0.1) is 18.2 Å². The number of anilines is 1. The monoisotopic (exact) mass is 492 g/mol. The van der Waals surface area contributed by atoms with E-state index in [0.717, 1.165) is 55.1 Å². The summed E-state index contributed by atoms with van der Waals surface area (Å²) in [6.07, 6.45) is 4.54. The van der Waals surface area contributed by atoms with Crippen molar-refractivity contribution in [3.05, 3.63) is 70.4 Å². The van der Waals surface area contributed by atoms with Crippen LogP contribution in [-0.4, -0.2) is 39.8 Å². The van der Waals surface area contributed by atoms with Gasteiger partial charge in [0.1, 0.15) is 11.3 Å². The van der Waals surface area contributed by atoms with Gasteiger partial charge in [0.05, 0.1) is 41.5 Å². The normalized spacial score (nSPS) is 18.9. The molecule has 9 heteroatoms. The van der Waals surface area contributed by atoms with Crippen molar-refractivity contribution in [2.24, 2.45) is 11.1 Å². The zero-order valence-electron chi connectivity index (χ0n) is 19.6. The van der Waals surface area contributed by atoms with Gasteiger partial charge in [0.2, 0.25) is 5.88 Å². The Morgan fingerprint density at radius 3 is 2.71 bits per heavy atom. The molecule has 4 heterocycles. The van der Waals surface area contributed by atoms with Gasteiger partial charge >= 0.3 is 0 Å². The molecule has 1 atom stereocenters. The molecule has 0 bridgehead atoms. The van der Waals surface area contributed by atoms with Gasteiger partial charge < -0.3 is 15.4 Å². The van der Waals surface area contributed by atoms with Crippen LogP contribution in [0.2, 0.25) is 5.02 Å². The summed E-state index contributed by atoms with van der Waals surface area (Å²) in [5, 5.41) is 4.61. The maximum absolute atomic E-state index is 14.2. The van der Waals surface area contributed by atoms with Crippen LogP contribution in [0.5, 0.6) is 5.88 Å². The molecule has 1 aliphatic carbocycles. The molecule has 1 saturated heterocycles. The lowest BCUT2D eigenvalue weighted by atomic mass is 9.73. The maximum Gasteiger partial charge on any atom is 0.213 e. The van der Waals surface area contributed by atoms with E-state index in [4.69, 9.17) is 27.1 Å². The van der Waals surface area contributed by atoms with Crippen molar-refractivity contribution in [3.63, 3.8) is 0 Å². The third kappa shape index (κ3) is 3.38. The van der Waals surface area contributed by atoms with Crippen LogP contribution in [0.1, 0.15) is 35.8 Å². The summed E-state index contributed by atoms with van der Waals surface area (Å²) in [5.41, 5.74) is 11.8. The molecule has 0 unspecified atom stereocenters. The van der Waals surface area contributed by atoms with Gasteiger partial charge in [-0.25, -0.2) is 18.9 Å². The highest BCUT2D eigenvalue weighted by Gasteiger charge is 2.47. The van der Waals surface area contributed by atoms with Crippen molar-refractivity contribution in [1.29, 1.82) is 0 Å². The summed E-state index contributed by atoms with van der Waals surface area (Å²) in [6, 6.07) is 10.6. The smallest absolute Gasteiger partial charge is 0.213 e. The Hall–Kier alpha value is -3.23. The quantitative estimate of drug-likeness (QED) is 0.444. The van der Waals surface area contributed by atoms with Crippen LogP contribution < -0.4 is 15.4 Å². The van der Waals surface area contributed by atoms with Crippen molar-refractivity contribution in [3.8, 4) is 17.1 Å². The highest BCUT2D eigenvalue weighted by atomic mass is 35.5. The van der Waals surface area contributed by atoms with E-state index in [-0.39, 0.29) is 16.5 Å². The molecule has 0 amide bonds. The van der Waals surface area contributed by atoms with Gasteiger partial charge in [-0.15, -0.1) is 0 Å². The number of nitrogens with zero attached hydrogens (tertiary/aromatic N) is 5. The number of pyridine rings is 1. The fraction of sp³-hybridized carbons (Fsp3) is 0.346. The molecule has 1 spiro atoms. The van der Waals surface area contributed by atoms with E-state index in [9.17, 15) is 4.39 Å². The lowest BCUT2D eigenvalue weighted by molar-refractivity contribution is 0.185. The Kier molecular flexibility index (Phi) is 5.19. The van der Waals surface area contributed by atoms with Gasteiger partial charge in [-0.1, -0.05) is 29.8 Å². The molecular weight excluding hydrogens is 467 g/mol. The first-order valence-electron chi connectivity index (χ1n) is 11.7. The van der Waals surface area contributed by atoms with E-state index in [1.807, 2.05) is 23.6 Å². The van der Waals surface area contributed by atoms with Crippen LogP contribution in [0.25, 0.3) is 16.8 Å². The van der Waals surface area contributed by atoms with E-state index in [0.29, 0.717) is 17.1 Å². The first kappa shape index (κ1) is 22.2. The number of hydrogen-bond acceptors (Lipinski definition) is 6. The molecule has 0 saturated carbocycles.